The van der Waals surface area contributed by atoms with Gasteiger partial charge < -0.3 is 15.0 Å². The van der Waals surface area contributed by atoms with Gasteiger partial charge in [0.05, 0.1) is 34.8 Å². The van der Waals surface area contributed by atoms with Gasteiger partial charge in [-0.15, -0.1) is 0 Å². The molecule has 0 bridgehead atoms. The number of aromatic amines is 1. The second-order valence-electron chi connectivity index (χ2n) is 7.92. The van der Waals surface area contributed by atoms with Gasteiger partial charge in [-0.05, 0) is 71.3 Å². The Morgan fingerprint density at radius 3 is 2.69 bits per heavy atom. The van der Waals surface area contributed by atoms with Crippen LogP contribution in [0.2, 0.25) is 0 Å². The molecule has 0 radical (unpaired) electrons. The molecule has 2 unspecified atom stereocenters. The molecule has 1 fully saturated rings. The number of fused-ring (bicyclic) bond motifs is 2. The third-order valence-corrected chi connectivity index (χ3v) is 6.79. The van der Waals surface area contributed by atoms with Gasteiger partial charge >= 0.3 is 0 Å². The fourth-order valence-electron chi connectivity index (χ4n) is 4.58. The van der Waals surface area contributed by atoms with Gasteiger partial charge in [0.2, 0.25) is 0 Å². The Balaban J connectivity index is 1.57. The third kappa shape index (κ3) is 2.63. The van der Waals surface area contributed by atoms with Crippen molar-refractivity contribution in [2.75, 3.05) is 4.90 Å². The van der Waals surface area contributed by atoms with Crippen LogP contribution in [0.1, 0.15) is 53.5 Å². The number of aryl methyl sites for hydroxylation is 1. The molecule has 0 spiro atoms. The quantitative estimate of drug-likeness (QED) is 0.413. The van der Waals surface area contributed by atoms with E-state index < -0.39 is 6.23 Å². The number of halogens is 1. The number of hydrogen-bond acceptors (Lipinski definition) is 4. The van der Waals surface area contributed by atoms with E-state index in [9.17, 15) is 5.11 Å². The van der Waals surface area contributed by atoms with Crippen molar-refractivity contribution in [3.63, 3.8) is 0 Å². The van der Waals surface area contributed by atoms with E-state index in [2.05, 4.69) is 67.8 Å². The number of anilines is 1. The number of nitrogens with zero attached hydrogens (tertiary/aromatic N) is 4. The Hall–Kier alpha value is -2.39. The molecule has 6 rings (SSSR count). The van der Waals surface area contributed by atoms with Crippen molar-refractivity contribution in [2.45, 2.75) is 31.0 Å². The molecular formula is C22H20IN5O. The van der Waals surface area contributed by atoms with Crippen molar-refractivity contribution in [3.05, 3.63) is 74.9 Å². The van der Waals surface area contributed by atoms with E-state index in [1.54, 1.807) is 6.33 Å². The Morgan fingerprint density at radius 1 is 1.14 bits per heavy atom. The number of aliphatic hydroxyl groups excluding tert-OH is 1. The van der Waals surface area contributed by atoms with Crippen LogP contribution < -0.4 is 4.90 Å². The van der Waals surface area contributed by atoms with Crippen LogP contribution in [0.15, 0.2) is 48.8 Å². The zero-order valence-corrected chi connectivity index (χ0v) is 18.0. The van der Waals surface area contributed by atoms with Gasteiger partial charge in [-0.2, -0.15) is 5.10 Å². The van der Waals surface area contributed by atoms with Gasteiger partial charge in [0.1, 0.15) is 0 Å². The van der Waals surface area contributed by atoms with Gasteiger partial charge in [0, 0.05) is 27.8 Å². The fraction of sp³-hybridized carbons (Fsp3) is 0.273. The zero-order chi connectivity index (χ0) is 19.7. The van der Waals surface area contributed by atoms with Crippen molar-refractivity contribution in [1.29, 1.82) is 0 Å². The summed E-state index contributed by atoms with van der Waals surface area (Å²) in [6.07, 6.45) is 3.31. The molecule has 6 nitrogen and oxygen atoms in total. The topological polar surface area (TPSA) is 70.0 Å². The van der Waals surface area contributed by atoms with Crippen LogP contribution in [0.3, 0.4) is 0 Å². The van der Waals surface area contributed by atoms with Crippen molar-refractivity contribution in [3.8, 4) is 0 Å². The van der Waals surface area contributed by atoms with Gasteiger partial charge in [-0.3, -0.25) is 4.68 Å². The van der Waals surface area contributed by atoms with E-state index in [1.165, 1.54) is 27.5 Å². The lowest BCUT2D eigenvalue weighted by molar-refractivity contribution is 0.168. The van der Waals surface area contributed by atoms with Crippen molar-refractivity contribution in [1.82, 2.24) is 19.7 Å². The van der Waals surface area contributed by atoms with Crippen LogP contribution in [-0.4, -0.2) is 24.9 Å². The maximum atomic E-state index is 11.4. The highest BCUT2D eigenvalue weighted by Gasteiger charge is 2.46. The normalized spacial score (nSPS) is 21.1. The van der Waals surface area contributed by atoms with Gasteiger partial charge in [0.15, 0.2) is 6.23 Å². The Bertz CT molecular complexity index is 1220. The lowest BCUT2D eigenvalue weighted by Gasteiger charge is -2.31. The average Bonchev–Trinajstić information content (AvgIpc) is 3.23. The number of aromatic nitrogens is 4. The van der Waals surface area contributed by atoms with Gasteiger partial charge in [0.25, 0.3) is 0 Å². The SMILES string of the molecule is Cn1nc(C2CC2)c2c1C(O)N(c1ccc3[nH]cnc3c1)C2c1ccc(I)cc1. The molecule has 0 saturated heterocycles. The number of hydrogen-bond donors (Lipinski definition) is 2. The monoisotopic (exact) mass is 497 g/mol. The van der Waals surface area contributed by atoms with Crippen LogP contribution in [0, 0.1) is 3.57 Å². The summed E-state index contributed by atoms with van der Waals surface area (Å²) in [5, 5.41) is 16.3. The number of imidazole rings is 1. The number of benzene rings is 2. The third-order valence-electron chi connectivity index (χ3n) is 6.07. The summed E-state index contributed by atoms with van der Waals surface area (Å²) in [6, 6.07) is 14.6. The minimum absolute atomic E-state index is 0.0716. The highest BCUT2D eigenvalue weighted by Crippen LogP contribution is 2.53. The van der Waals surface area contributed by atoms with Crippen LogP contribution >= 0.6 is 22.6 Å². The lowest BCUT2D eigenvalue weighted by atomic mass is 9.97. The van der Waals surface area contributed by atoms with Crippen LogP contribution in [0.5, 0.6) is 0 Å². The zero-order valence-electron chi connectivity index (χ0n) is 15.9. The lowest BCUT2D eigenvalue weighted by Crippen LogP contribution is -2.28. The van der Waals surface area contributed by atoms with Gasteiger partial charge in [-0.25, -0.2) is 4.98 Å². The molecule has 0 amide bonds. The largest absolute Gasteiger partial charge is 0.368 e. The minimum atomic E-state index is -0.754. The molecule has 7 heteroatoms. The second kappa shape index (κ2) is 6.30. The Kier molecular flexibility index (Phi) is 3.80. The molecule has 146 valence electrons. The van der Waals surface area contributed by atoms with Crippen LogP contribution in [0.25, 0.3) is 11.0 Å². The molecule has 2 aliphatic rings. The first-order valence-corrected chi connectivity index (χ1v) is 10.9. The summed E-state index contributed by atoms with van der Waals surface area (Å²) < 4.78 is 3.07. The number of aliphatic hydroxyl groups is 1. The molecule has 2 aromatic heterocycles. The molecule has 29 heavy (non-hydrogen) atoms. The molecule has 2 atom stereocenters. The van der Waals surface area contributed by atoms with E-state index in [1.807, 2.05) is 23.9 Å². The molecular weight excluding hydrogens is 477 g/mol. The molecule has 2 aromatic carbocycles. The first-order valence-electron chi connectivity index (χ1n) is 9.83. The summed E-state index contributed by atoms with van der Waals surface area (Å²) in [4.78, 5) is 9.66. The van der Waals surface area contributed by atoms with Crippen LogP contribution in [-0.2, 0) is 7.05 Å². The first kappa shape index (κ1) is 17.5. The van der Waals surface area contributed by atoms with E-state index >= 15 is 0 Å². The number of H-pyrrole nitrogens is 1. The summed E-state index contributed by atoms with van der Waals surface area (Å²) in [5.41, 5.74) is 7.23. The van der Waals surface area contributed by atoms with Crippen molar-refractivity contribution >= 4 is 39.3 Å². The smallest absolute Gasteiger partial charge is 0.171 e. The fourth-order valence-corrected chi connectivity index (χ4v) is 4.93. The van der Waals surface area contributed by atoms with E-state index in [0.717, 1.165) is 28.1 Å². The summed E-state index contributed by atoms with van der Waals surface area (Å²) in [5.74, 6) is 0.511. The molecule has 1 aliphatic carbocycles. The minimum Gasteiger partial charge on any atom is -0.368 e. The molecule has 3 heterocycles. The van der Waals surface area contributed by atoms with Gasteiger partial charge in [-0.1, -0.05) is 12.1 Å². The van der Waals surface area contributed by atoms with Crippen molar-refractivity contribution in [2.24, 2.45) is 7.05 Å². The average molecular weight is 497 g/mol. The van der Waals surface area contributed by atoms with Crippen molar-refractivity contribution < 1.29 is 5.11 Å². The van der Waals surface area contributed by atoms with E-state index in [4.69, 9.17) is 5.10 Å². The number of nitrogens with one attached hydrogen (secondary N) is 1. The van der Waals surface area contributed by atoms with E-state index in [0.29, 0.717) is 5.92 Å². The molecule has 4 aromatic rings. The molecule has 1 aliphatic heterocycles. The first-order chi connectivity index (χ1) is 14.1. The number of rotatable bonds is 3. The predicted octanol–water partition coefficient (Wildman–Crippen LogP) is 4.38. The maximum Gasteiger partial charge on any atom is 0.171 e. The summed E-state index contributed by atoms with van der Waals surface area (Å²) in [6.45, 7) is 0. The van der Waals surface area contributed by atoms with Crippen LogP contribution in [0.4, 0.5) is 5.69 Å². The summed E-state index contributed by atoms with van der Waals surface area (Å²) >= 11 is 2.33. The molecule has 1 saturated carbocycles. The Morgan fingerprint density at radius 2 is 1.93 bits per heavy atom. The van der Waals surface area contributed by atoms with E-state index in [-0.39, 0.29) is 6.04 Å². The predicted molar refractivity (Wildman–Crippen MR) is 120 cm³/mol. The summed E-state index contributed by atoms with van der Waals surface area (Å²) in [7, 11) is 1.94. The standard InChI is InChI=1S/C22H20IN5O/c1-27-21-18(19(26-27)12-2-3-12)20(13-4-6-14(23)7-5-13)28(22(21)29)15-8-9-16-17(10-15)25-11-24-16/h4-12,20,22,29H,2-3H2,1H3,(H,24,25). The second-order valence-corrected chi connectivity index (χ2v) is 9.17. The molecule has 2 N–H and O–H groups in total. The highest BCUT2D eigenvalue weighted by molar-refractivity contribution is 14.1. The Labute approximate surface area is 181 Å². The highest BCUT2D eigenvalue weighted by atomic mass is 127. The maximum absolute atomic E-state index is 11.4.